The van der Waals surface area contributed by atoms with Crippen LogP contribution >= 0.6 is 0 Å². The number of carbonyl (C=O) groups is 3. The first kappa shape index (κ1) is 65.4. The molecule has 0 fully saturated rings. The molecule has 1 atom stereocenters. The van der Waals surface area contributed by atoms with E-state index in [1.165, 1.54) is 244 Å². The summed E-state index contributed by atoms with van der Waals surface area (Å²) in [6.45, 7) is 9.08. The first-order valence-electron chi connectivity index (χ1n) is 30.4. The lowest BCUT2D eigenvalue weighted by atomic mass is 10.0. The molecule has 0 N–H and O–H groups in total. The Morgan fingerprint density at radius 1 is 0.284 bits per heavy atom. The molecule has 0 aliphatic carbocycles. The minimum atomic E-state index is -0.762. The summed E-state index contributed by atoms with van der Waals surface area (Å²) in [5.74, 6) is 0.0222. The van der Waals surface area contributed by atoms with E-state index >= 15 is 0 Å². The molecule has 0 saturated heterocycles. The second-order valence-electron chi connectivity index (χ2n) is 21.5. The highest BCUT2D eigenvalue weighted by Crippen LogP contribution is 2.18. The molecule has 0 heterocycles. The van der Waals surface area contributed by atoms with Crippen LogP contribution in [0, 0.1) is 5.92 Å². The molecule has 0 spiro atoms. The van der Waals surface area contributed by atoms with Crippen molar-refractivity contribution in [1.29, 1.82) is 0 Å². The summed E-state index contributed by atoms with van der Waals surface area (Å²) >= 11 is 0. The Hall–Kier alpha value is -1.59. The van der Waals surface area contributed by atoms with Crippen molar-refractivity contribution in [1.82, 2.24) is 0 Å². The third-order valence-electron chi connectivity index (χ3n) is 14.0. The molecule has 0 aliphatic rings. The normalized spacial score (nSPS) is 12.0. The quantitative estimate of drug-likeness (QED) is 0.0343. The molecule has 0 aromatic rings. The Balaban J connectivity index is 4.27. The van der Waals surface area contributed by atoms with E-state index in [2.05, 4.69) is 27.7 Å². The van der Waals surface area contributed by atoms with Crippen molar-refractivity contribution in [2.45, 2.75) is 355 Å². The summed E-state index contributed by atoms with van der Waals surface area (Å²) in [4.78, 5) is 38.2. The highest BCUT2D eigenvalue weighted by atomic mass is 16.6. The molecule has 6 nitrogen and oxygen atoms in total. The fourth-order valence-corrected chi connectivity index (χ4v) is 9.46. The number of ether oxygens (including phenoxy) is 3. The molecular weight excluding hydrogens is 829 g/mol. The Labute approximate surface area is 418 Å². The predicted molar refractivity (Wildman–Crippen MR) is 289 cm³/mol. The van der Waals surface area contributed by atoms with Crippen molar-refractivity contribution in [3.8, 4) is 0 Å². The topological polar surface area (TPSA) is 78.9 Å². The van der Waals surface area contributed by atoms with Crippen molar-refractivity contribution >= 4 is 17.9 Å². The monoisotopic (exact) mass is 947 g/mol. The smallest absolute Gasteiger partial charge is 0.306 e. The van der Waals surface area contributed by atoms with Gasteiger partial charge in [0.2, 0.25) is 0 Å². The van der Waals surface area contributed by atoms with Crippen molar-refractivity contribution in [3.63, 3.8) is 0 Å². The third kappa shape index (κ3) is 55.2. The SMILES string of the molecule is CCCCCCCCCCCCCCCCCCC(=O)OC[C@@H](COC(=O)CCCCCCCCCCCCCCCCCCC(C)C)OC(=O)CCCCCCCCCCCCCCCC. The van der Waals surface area contributed by atoms with Crippen LogP contribution in [0.5, 0.6) is 0 Å². The van der Waals surface area contributed by atoms with Crippen LogP contribution in [0.15, 0.2) is 0 Å². The number of rotatable bonds is 56. The number of unbranched alkanes of at least 4 members (excludes halogenated alkanes) is 43. The molecule has 0 amide bonds. The zero-order valence-electron chi connectivity index (χ0n) is 45.9. The van der Waals surface area contributed by atoms with Crippen LogP contribution in [0.1, 0.15) is 349 Å². The van der Waals surface area contributed by atoms with E-state index < -0.39 is 6.10 Å². The van der Waals surface area contributed by atoms with Gasteiger partial charge in [-0.3, -0.25) is 14.4 Å². The van der Waals surface area contributed by atoms with E-state index in [-0.39, 0.29) is 31.1 Å². The largest absolute Gasteiger partial charge is 0.462 e. The first-order chi connectivity index (χ1) is 32.9. The summed E-state index contributed by atoms with van der Waals surface area (Å²) < 4.78 is 16.9. The lowest BCUT2D eigenvalue weighted by Gasteiger charge is -2.18. The summed E-state index contributed by atoms with van der Waals surface area (Å²) in [5, 5.41) is 0. The van der Waals surface area contributed by atoms with Gasteiger partial charge < -0.3 is 14.2 Å². The van der Waals surface area contributed by atoms with E-state index in [9.17, 15) is 14.4 Å². The summed E-state index contributed by atoms with van der Waals surface area (Å²) in [7, 11) is 0. The second kappa shape index (κ2) is 55.3. The van der Waals surface area contributed by atoms with Crippen molar-refractivity contribution in [2.24, 2.45) is 5.92 Å². The molecule has 0 unspecified atom stereocenters. The van der Waals surface area contributed by atoms with E-state index in [0.29, 0.717) is 19.3 Å². The molecular formula is C61H118O6. The van der Waals surface area contributed by atoms with E-state index in [0.717, 1.165) is 63.7 Å². The molecule has 6 heteroatoms. The molecule has 398 valence electrons. The molecule has 0 bridgehead atoms. The van der Waals surface area contributed by atoms with Gasteiger partial charge in [0.05, 0.1) is 0 Å². The van der Waals surface area contributed by atoms with Crippen LogP contribution in [-0.2, 0) is 28.6 Å². The highest BCUT2D eigenvalue weighted by Gasteiger charge is 2.19. The fraction of sp³-hybridized carbons (Fsp3) is 0.951. The van der Waals surface area contributed by atoms with Gasteiger partial charge in [-0.2, -0.15) is 0 Å². The Morgan fingerprint density at radius 3 is 0.731 bits per heavy atom. The van der Waals surface area contributed by atoms with Crippen LogP contribution in [0.4, 0.5) is 0 Å². The molecule has 0 radical (unpaired) electrons. The third-order valence-corrected chi connectivity index (χ3v) is 14.0. The minimum absolute atomic E-state index is 0.0614. The maximum atomic E-state index is 12.9. The van der Waals surface area contributed by atoms with Gasteiger partial charge in [0.25, 0.3) is 0 Å². The number of carbonyl (C=O) groups excluding carboxylic acids is 3. The van der Waals surface area contributed by atoms with Gasteiger partial charge in [-0.05, 0) is 25.2 Å². The summed E-state index contributed by atoms with van der Waals surface area (Å²) in [5.41, 5.74) is 0. The van der Waals surface area contributed by atoms with Gasteiger partial charge in [-0.25, -0.2) is 0 Å². The Morgan fingerprint density at radius 2 is 0.493 bits per heavy atom. The molecule has 0 rings (SSSR count). The number of hydrogen-bond donors (Lipinski definition) is 0. The molecule has 0 aromatic carbocycles. The van der Waals surface area contributed by atoms with Gasteiger partial charge in [-0.1, -0.05) is 310 Å². The summed E-state index contributed by atoms with van der Waals surface area (Å²) in [6.07, 6.45) is 60.9. The van der Waals surface area contributed by atoms with Crippen LogP contribution in [-0.4, -0.2) is 37.2 Å². The van der Waals surface area contributed by atoms with Crippen molar-refractivity contribution in [2.75, 3.05) is 13.2 Å². The minimum Gasteiger partial charge on any atom is -0.462 e. The first-order valence-corrected chi connectivity index (χ1v) is 30.4. The lowest BCUT2D eigenvalue weighted by Crippen LogP contribution is -2.30. The van der Waals surface area contributed by atoms with Gasteiger partial charge in [0.1, 0.15) is 13.2 Å². The Kier molecular flexibility index (Phi) is 54.0. The maximum Gasteiger partial charge on any atom is 0.306 e. The van der Waals surface area contributed by atoms with Gasteiger partial charge in [0.15, 0.2) is 6.10 Å². The maximum absolute atomic E-state index is 12.9. The second-order valence-corrected chi connectivity index (χ2v) is 21.5. The molecule has 0 aromatic heterocycles. The Bertz CT molecular complexity index is 1010. The van der Waals surface area contributed by atoms with E-state index in [1.807, 2.05) is 0 Å². The van der Waals surface area contributed by atoms with Gasteiger partial charge in [0, 0.05) is 19.3 Å². The molecule has 0 saturated carbocycles. The van der Waals surface area contributed by atoms with Gasteiger partial charge in [-0.15, -0.1) is 0 Å². The van der Waals surface area contributed by atoms with Crippen molar-refractivity contribution < 1.29 is 28.6 Å². The zero-order valence-corrected chi connectivity index (χ0v) is 45.9. The number of esters is 3. The molecule has 0 aliphatic heterocycles. The zero-order chi connectivity index (χ0) is 48.8. The predicted octanol–water partition coefficient (Wildman–Crippen LogP) is 20.2. The lowest BCUT2D eigenvalue weighted by molar-refractivity contribution is -0.167. The standard InChI is InChI=1S/C61H118O6/c1-5-7-9-11-13-15-17-19-21-25-29-32-36-40-44-48-52-59(62)65-55-58(67-61(64)54-50-46-42-38-34-28-20-18-16-14-12-10-8-6-2)56-66-60(63)53-49-45-41-37-33-30-26-23-22-24-27-31-35-39-43-47-51-57(3)4/h57-58H,5-56H2,1-4H3/t58-/m0/s1. The van der Waals surface area contributed by atoms with Crippen LogP contribution < -0.4 is 0 Å². The number of hydrogen-bond acceptors (Lipinski definition) is 6. The fourth-order valence-electron chi connectivity index (χ4n) is 9.46. The molecule has 67 heavy (non-hydrogen) atoms. The van der Waals surface area contributed by atoms with Crippen LogP contribution in [0.2, 0.25) is 0 Å². The van der Waals surface area contributed by atoms with Crippen LogP contribution in [0.25, 0.3) is 0 Å². The van der Waals surface area contributed by atoms with Gasteiger partial charge >= 0.3 is 17.9 Å². The average molecular weight is 948 g/mol. The van der Waals surface area contributed by atoms with Crippen LogP contribution in [0.3, 0.4) is 0 Å². The highest BCUT2D eigenvalue weighted by molar-refractivity contribution is 5.71. The average Bonchev–Trinajstić information content (AvgIpc) is 3.31. The summed E-state index contributed by atoms with van der Waals surface area (Å²) in [6, 6.07) is 0. The van der Waals surface area contributed by atoms with Crippen molar-refractivity contribution in [3.05, 3.63) is 0 Å². The van der Waals surface area contributed by atoms with E-state index in [4.69, 9.17) is 14.2 Å². The van der Waals surface area contributed by atoms with E-state index in [1.54, 1.807) is 0 Å².